The third-order valence-electron chi connectivity index (χ3n) is 3.76. The second-order valence-corrected chi connectivity index (χ2v) is 4.88. The molecule has 1 aliphatic heterocycles. The molecule has 2 heteroatoms. The van der Waals surface area contributed by atoms with Gasteiger partial charge in [-0.1, -0.05) is 12.8 Å². The van der Waals surface area contributed by atoms with Crippen molar-refractivity contribution in [1.29, 1.82) is 0 Å². The lowest BCUT2D eigenvalue weighted by molar-refractivity contribution is -0.119. The number of carbonyl (C=O) groups excluding carboxylic acids is 1. The van der Waals surface area contributed by atoms with Crippen molar-refractivity contribution in [2.24, 2.45) is 5.41 Å². The van der Waals surface area contributed by atoms with Gasteiger partial charge in [0.15, 0.2) is 0 Å². The summed E-state index contributed by atoms with van der Waals surface area (Å²) in [5.74, 6) is 0. The van der Waals surface area contributed by atoms with E-state index in [9.17, 15) is 4.79 Å². The summed E-state index contributed by atoms with van der Waals surface area (Å²) in [6.45, 7) is 0.902. The lowest BCUT2D eigenvalue weighted by Crippen LogP contribution is -2.29. The standard InChI is InChI=1S/C12H20O2/c13-10-12(6-2-3-7-12)9-11-5-1-4-8-14-11/h10-11H,1-9H2. The highest BCUT2D eigenvalue weighted by atomic mass is 16.5. The van der Waals surface area contributed by atoms with Crippen molar-refractivity contribution >= 4 is 6.29 Å². The van der Waals surface area contributed by atoms with Crippen LogP contribution in [-0.2, 0) is 9.53 Å². The van der Waals surface area contributed by atoms with E-state index < -0.39 is 0 Å². The third-order valence-corrected chi connectivity index (χ3v) is 3.76. The van der Waals surface area contributed by atoms with Crippen LogP contribution >= 0.6 is 0 Å². The zero-order valence-electron chi connectivity index (χ0n) is 8.84. The van der Waals surface area contributed by atoms with Gasteiger partial charge in [0.05, 0.1) is 6.10 Å². The molecule has 1 saturated heterocycles. The van der Waals surface area contributed by atoms with Gasteiger partial charge in [0.1, 0.15) is 6.29 Å². The minimum absolute atomic E-state index is 0.0119. The van der Waals surface area contributed by atoms with Crippen LogP contribution in [0.5, 0.6) is 0 Å². The van der Waals surface area contributed by atoms with Crippen LogP contribution in [0.4, 0.5) is 0 Å². The van der Waals surface area contributed by atoms with Gasteiger partial charge in [-0.15, -0.1) is 0 Å². The summed E-state index contributed by atoms with van der Waals surface area (Å²) < 4.78 is 5.71. The molecule has 0 aromatic carbocycles. The summed E-state index contributed by atoms with van der Waals surface area (Å²) in [6.07, 6.45) is 10.8. The Balaban J connectivity index is 1.89. The van der Waals surface area contributed by atoms with E-state index in [-0.39, 0.29) is 5.41 Å². The highest BCUT2D eigenvalue weighted by Gasteiger charge is 2.36. The van der Waals surface area contributed by atoms with Crippen molar-refractivity contribution in [2.75, 3.05) is 6.61 Å². The Morgan fingerprint density at radius 1 is 1.21 bits per heavy atom. The molecule has 0 aromatic rings. The molecule has 1 aliphatic carbocycles. The van der Waals surface area contributed by atoms with Crippen LogP contribution < -0.4 is 0 Å². The minimum atomic E-state index is -0.0119. The molecule has 1 saturated carbocycles. The van der Waals surface area contributed by atoms with Crippen molar-refractivity contribution in [3.8, 4) is 0 Å². The van der Waals surface area contributed by atoms with E-state index in [0.717, 1.165) is 32.3 Å². The third kappa shape index (κ3) is 2.17. The Morgan fingerprint density at radius 3 is 2.57 bits per heavy atom. The van der Waals surface area contributed by atoms with Crippen LogP contribution in [0.3, 0.4) is 0 Å². The number of hydrogen-bond acceptors (Lipinski definition) is 2. The number of hydrogen-bond donors (Lipinski definition) is 0. The van der Waals surface area contributed by atoms with E-state index in [1.54, 1.807) is 0 Å². The molecule has 0 aromatic heterocycles. The lowest BCUT2D eigenvalue weighted by atomic mass is 9.81. The number of aldehydes is 1. The topological polar surface area (TPSA) is 26.3 Å². The zero-order chi connectivity index (χ0) is 9.86. The van der Waals surface area contributed by atoms with Crippen LogP contribution in [0.1, 0.15) is 51.4 Å². The normalized spacial score (nSPS) is 31.6. The van der Waals surface area contributed by atoms with Gasteiger partial charge in [0.25, 0.3) is 0 Å². The van der Waals surface area contributed by atoms with Crippen molar-refractivity contribution in [3.63, 3.8) is 0 Å². The van der Waals surface area contributed by atoms with Crippen molar-refractivity contribution in [1.82, 2.24) is 0 Å². The van der Waals surface area contributed by atoms with E-state index in [1.165, 1.54) is 32.0 Å². The summed E-state index contributed by atoms with van der Waals surface area (Å²) in [7, 11) is 0. The summed E-state index contributed by atoms with van der Waals surface area (Å²) in [6, 6.07) is 0. The molecule has 0 N–H and O–H groups in total. The Labute approximate surface area is 86.0 Å². The summed E-state index contributed by atoms with van der Waals surface area (Å²) in [5, 5.41) is 0. The molecule has 2 rings (SSSR count). The van der Waals surface area contributed by atoms with Gasteiger partial charge in [-0.2, -0.15) is 0 Å². The first kappa shape index (κ1) is 10.2. The van der Waals surface area contributed by atoms with Crippen molar-refractivity contribution in [3.05, 3.63) is 0 Å². The smallest absolute Gasteiger partial charge is 0.126 e. The number of carbonyl (C=O) groups is 1. The molecule has 1 heterocycles. The van der Waals surface area contributed by atoms with E-state index in [1.807, 2.05) is 0 Å². The van der Waals surface area contributed by atoms with Gasteiger partial charge in [-0.25, -0.2) is 0 Å². The SMILES string of the molecule is O=CC1(CC2CCCCO2)CCCC1. The Bertz CT molecular complexity index is 188. The van der Waals surface area contributed by atoms with E-state index in [4.69, 9.17) is 4.74 Å². The highest BCUT2D eigenvalue weighted by Crippen LogP contribution is 2.41. The zero-order valence-corrected chi connectivity index (χ0v) is 8.84. The molecular weight excluding hydrogens is 176 g/mol. The lowest BCUT2D eigenvalue weighted by Gasteiger charge is -2.30. The maximum Gasteiger partial charge on any atom is 0.126 e. The average molecular weight is 196 g/mol. The highest BCUT2D eigenvalue weighted by molar-refractivity contribution is 5.59. The fourth-order valence-electron chi connectivity index (χ4n) is 2.87. The number of ether oxygens (including phenoxy) is 1. The maximum absolute atomic E-state index is 11.1. The molecule has 0 spiro atoms. The molecule has 0 amide bonds. The molecule has 1 unspecified atom stereocenters. The second-order valence-electron chi connectivity index (χ2n) is 4.88. The van der Waals surface area contributed by atoms with Crippen LogP contribution in [0.15, 0.2) is 0 Å². The monoisotopic (exact) mass is 196 g/mol. The quantitative estimate of drug-likeness (QED) is 0.649. The van der Waals surface area contributed by atoms with Crippen molar-refractivity contribution < 1.29 is 9.53 Å². The fourth-order valence-corrected chi connectivity index (χ4v) is 2.87. The maximum atomic E-state index is 11.1. The molecule has 0 bridgehead atoms. The Hall–Kier alpha value is -0.370. The molecule has 80 valence electrons. The summed E-state index contributed by atoms with van der Waals surface area (Å²) in [4.78, 5) is 11.1. The Kier molecular flexibility index (Phi) is 3.22. The molecule has 14 heavy (non-hydrogen) atoms. The van der Waals surface area contributed by atoms with E-state index in [2.05, 4.69) is 0 Å². The van der Waals surface area contributed by atoms with Crippen LogP contribution in [0.25, 0.3) is 0 Å². The predicted molar refractivity (Wildman–Crippen MR) is 55.2 cm³/mol. The van der Waals surface area contributed by atoms with Crippen LogP contribution in [-0.4, -0.2) is 19.0 Å². The van der Waals surface area contributed by atoms with Crippen LogP contribution in [0, 0.1) is 5.41 Å². The number of rotatable bonds is 3. The van der Waals surface area contributed by atoms with E-state index >= 15 is 0 Å². The van der Waals surface area contributed by atoms with E-state index in [0.29, 0.717) is 6.10 Å². The molecular formula is C12H20O2. The van der Waals surface area contributed by atoms with Gasteiger partial charge in [0.2, 0.25) is 0 Å². The van der Waals surface area contributed by atoms with Crippen molar-refractivity contribution in [2.45, 2.75) is 57.5 Å². The van der Waals surface area contributed by atoms with Gasteiger partial charge in [-0.3, -0.25) is 0 Å². The molecule has 1 atom stereocenters. The largest absolute Gasteiger partial charge is 0.378 e. The molecule has 0 radical (unpaired) electrons. The van der Waals surface area contributed by atoms with Gasteiger partial charge >= 0.3 is 0 Å². The summed E-state index contributed by atoms with van der Waals surface area (Å²) >= 11 is 0. The van der Waals surface area contributed by atoms with Gasteiger partial charge < -0.3 is 9.53 Å². The first-order valence-electron chi connectivity index (χ1n) is 5.93. The molecule has 2 nitrogen and oxygen atoms in total. The fraction of sp³-hybridized carbons (Fsp3) is 0.917. The second kappa shape index (κ2) is 4.43. The molecule has 2 aliphatic rings. The predicted octanol–water partition coefficient (Wildman–Crippen LogP) is 2.70. The van der Waals surface area contributed by atoms with Gasteiger partial charge in [0, 0.05) is 12.0 Å². The minimum Gasteiger partial charge on any atom is -0.378 e. The first-order chi connectivity index (χ1) is 6.85. The summed E-state index contributed by atoms with van der Waals surface area (Å²) in [5.41, 5.74) is -0.0119. The van der Waals surface area contributed by atoms with Crippen LogP contribution in [0.2, 0.25) is 0 Å². The molecule has 2 fully saturated rings. The Morgan fingerprint density at radius 2 is 2.00 bits per heavy atom. The average Bonchev–Trinajstić information content (AvgIpc) is 2.69. The first-order valence-corrected chi connectivity index (χ1v) is 5.93. The van der Waals surface area contributed by atoms with Gasteiger partial charge in [-0.05, 0) is 38.5 Å².